The molecule has 5 rings (SSSR count). The van der Waals surface area contributed by atoms with Gasteiger partial charge in [0.25, 0.3) is 0 Å². The zero-order valence-electron chi connectivity index (χ0n) is 18.9. The Morgan fingerprint density at radius 3 is 2.82 bits per heavy atom. The number of aromatic hydroxyl groups is 1. The van der Waals surface area contributed by atoms with Crippen LogP contribution in [0.1, 0.15) is 44.0 Å². The SMILES string of the molecule is CCNC(C)C1CCN(c2c(F)cc3c(=O)c4c(O)c(C#N)sc4n(C4CC4)c3c2OC)C1. The normalized spacial score (nSPS) is 19.4. The molecule has 1 saturated heterocycles. The number of pyridine rings is 1. The average molecular weight is 471 g/mol. The first-order valence-electron chi connectivity index (χ1n) is 11.4. The highest BCUT2D eigenvalue weighted by atomic mass is 32.1. The lowest BCUT2D eigenvalue weighted by atomic mass is 10.0. The van der Waals surface area contributed by atoms with Gasteiger partial charge in [0.15, 0.2) is 17.3 Å². The van der Waals surface area contributed by atoms with Crippen molar-refractivity contribution in [3.63, 3.8) is 0 Å². The van der Waals surface area contributed by atoms with Crippen LogP contribution in [0.4, 0.5) is 10.1 Å². The minimum atomic E-state index is -0.509. The van der Waals surface area contributed by atoms with Gasteiger partial charge in [0.05, 0.1) is 18.0 Å². The molecule has 0 spiro atoms. The van der Waals surface area contributed by atoms with Gasteiger partial charge in [-0.05, 0) is 44.7 Å². The van der Waals surface area contributed by atoms with Crippen molar-refractivity contribution in [2.45, 2.75) is 45.2 Å². The lowest BCUT2D eigenvalue weighted by Gasteiger charge is -2.26. The fourth-order valence-electron chi connectivity index (χ4n) is 5.17. The van der Waals surface area contributed by atoms with Gasteiger partial charge in [0.2, 0.25) is 5.43 Å². The van der Waals surface area contributed by atoms with Crippen molar-refractivity contribution in [2.24, 2.45) is 5.92 Å². The van der Waals surface area contributed by atoms with Gasteiger partial charge >= 0.3 is 0 Å². The zero-order valence-corrected chi connectivity index (χ0v) is 19.8. The first kappa shape index (κ1) is 22.0. The summed E-state index contributed by atoms with van der Waals surface area (Å²) in [5, 5.41) is 23.7. The molecule has 174 valence electrons. The molecule has 7 nitrogen and oxygen atoms in total. The minimum Gasteiger partial charge on any atom is -0.505 e. The summed E-state index contributed by atoms with van der Waals surface area (Å²) in [5.74, 6) is -0.100. The van der Waals surface area contributed by atoms with Crippen LogP contribution < -0.4 is 20.4 Å². The third-order valence-electron chi connectivity index (χ3n) is 6.97. The first-order valence-corrected chi connectivity index (χ1v) is 12.2. The first-order chi connectivity index (χ1) is 15.9. The molecule has 0 bridgehead atoms. The third-order valence-corrected chi connectivity index (χ3v) is 8.05. The highest BCUT2D eigenvalue weighted by Crippen LogP contribution is 2.48. The van der Waals surface area contributed by atoms with E-state index in [-0.39, 0.29) is 27.4 Å². The number of nitrogens with one attached hydrogen (secondary N) is 1. The molecular weight excluding hydrogens is 443 g/mol. The van der Waals surface area contributed by atoms with E-state index < -0.39 is 11.2 Å². The van der Waals surface area contributed by atoms with E-state index >= 15 is 4.39 Å². The van der Waals surface area contributed by atoms with Crippen molar-refractivity contribution in [3.05, 3.63) is 27.0 Å². The number of thiophene rings is 1. The second kappa shape index (κ2) is 8.19. The Bertz CT molecular complexity index is 1350. The largest absolute Gasteiger partial charge is 0.505 e. The molecule has 1 aliphatic carbocycles. The van der Waals surface area contributed by atoms with Crippen LogP contribution in [0.3, 0.4) is 0 Å². The predicted molar refractivity (Wildman–Crippen MR) is 128 cm³/mol. The van der Waals surface area contributed by atoms with E-state index in [1.165, 1.54) is 13.2 Å². The van der Waals surface area contributed by atoms with Crippen LogP contribution in [0, 0.1) is 23.1 Å². The second-order valence-electron chi connectivity index (χ2n) is 8.98. The van der Waals surface area contributed by atoms with Crippen molar-refractivity contribution in [3.8, 4) is 17.6 Å². The smallest absolute Gasteiger partial charge is 0.202 e. The van der Waals surface area contributed by atoms with Gasteiger partial charge in [0.1, 0.15) is 26.9 Å². The van der Waals surface area contributed by atoms with Gasteiger partial charge in [-0.3, -0.25) is 4.79 Å². The highest BCUT2D eigenvalue weighted by molar-refractivity contribution is 7.19. The summed E-state index contributed by atoms with van der Waals surface area (Å²) in [4.78, 5) is 16.0. The van der Waals surface area contributed by atoms with E-state index in [9.17, 15) is 15.2 Å². The number of anilines is 1. The molecule has 3 aromatic rings. The number of methoxy groups -OCH3 is 1. The highest BCUT2D eigenvalue weighted by Gasteiger charge is 2.35. The molecule has 2 aromatic heterocycles. The van der Waals surface area contributed by atoms with Crippen molar-refractivity contribution in [1.29, 1.82) is 5.26 Å². The molecule has 2 fully saturated rings. The van der Waals surface area contributed by atoms with Gasteiger partial charge in [-0.1, -0.05) is 6.92 Å². The number of rotatable bonds is 6. The summed E-state index contributed by atoms with van der Waals surface area (Å²) < 4.78 is 23.4. The summed E-state index contributed by atoms with van der Waals surface area (Å²) in [6.07, 6.45) is 2.76. The number of ether oxygens (including phenoxy) is 1. The molecular formula is C24H27FN4O3S. The van der Waals surface area contributed by atoms with Gasteiger partial charge < -0.3 is 24.6 Å². The summed E-state index contributed by atoms with van der Waals surface area (Å²) in [7, 11) is 1.51. The topological polar surface area (TPSA) is 90.5 Å². The molecule has 2 unspecified atom stereocenters. The van der Waals surface area contributed by atoms with Crippen molar-refractivity contribution < 1.29 is 14.2 Å². The van der Waals surface area contributed by atoms with Crippen molar-refractivity contribution >= 4 is 38.1 Å². The van der Waals surface area contributed by atoms with Crippen LogP contribution >= 0.6 is 11.3 Å². The minimum absolute atomic E-state index is 0.0888. The molecule has 2 N–H and O–H groups in total. The van der Waals surface area contributed by atoms with Crippen LogP contribution in [-0.2, 0) is 0 Å². The summed E-state index contributed by atoms with van der Waals surface area (Å²) >= 11 is 1.10. The second-order valence-corrected chi connectivity index (χ2v) is 9.98. The number of benzene rings is 1. The molecule has 1 aliphatic heterocycles. The molecule has 2 atom stereocenters. The quantitative estimate of drug-likeness (QED) is 0.564. The lowest BCUT2D eigenvalue weighted by Crippen LogP contribution is -2.35. The molecule has 33 heavy (non-hydrogen) atoms. The zero-order chi connectivity index (χ0) is 23.4. The van der Waals surface area contributed by atoms with Crippen LogP contribution in [0.25, 0.3) is 21.1 Å². The van der Waals surface area contributed by atoms with Crippen LogP contribution in [-0.4, -0.2) is 42.5 Å². The molecule has 9 heteroatoms. The summed E-state index contributed by atoms with van der Waals surface area (Å²) in [6, 6.07) is 3.68. The van der Waals surface area contributed by atoms with Gasteiger partial charge in [0, 0.05) is 25.2 Å². The van der Waals surface area contributed by atoms with E-state index in [0.29, 0.717) is 46.8 Å². The Morgan fingerprint density at radius 1 is 1.42 bits per heavy atom. The van der Waals surface area contributed by atoms with E-state index in [1.807, 2.05) is 15.5 Å². The van der Waals surface area contributed by atoms with E-state index in [1.54, 1.807) is 0 Å². The van der Waals surface area contributed by atoms with E-state index in [0.717, 1.165) is 37.1 Å². The van der Waals surface area contributed by atoms with Crippen molar-refractivity contribution in [1.82, 2.24) is 9.88 Å². The molecule has 3 heterocycles. The van der Waals surface area contributed by atoms with Crippen LogP contribution in [0.5, 0.6) is 11.5 Å². The fourth-order valence-corrected chi connectivity index (χ4v) is 6.24. The molecule has 0 radical (unpaired) electrons. The number of hydrogen-bond acceptors (Lipinski definition) is 7. The maximum absolute atomic E-state index is 15.6. The number of nitriles is 1. The lowest BCUT2D eigenvalue weighted by molar-refractivity contribution is 0.406. The molecule has 1 saturated carbocycles. The van der Waals surface area contributed by atoms with Gasteiger partial charge in [-0.15, -0.1) is 11.3 Å². The standard InChI is InChI=1S/C24H27FN4O3S/c1-4-27-12(2)13-7-8-28(11-13)20-16(25)9-15-19(23(20)32-3)29(14-5-6-14)24-18(21(15)30)22(31)17(10-26)33-24/h9,12-14,27,31H,4-8,11H2,1-3H3. The molecule has 0 amide bonds. The van der Waals surface area contributed by atoms with Crippen LogP contribution in [0.15, 0.2) is 10.9 Å². The number of nitrogens with zero attached hydrogens (tertiary/aromatic N) is 3. The third kappa shape index (κ3) is 3.35. The number of hydrogen-bond donors (Lipinski definition) is 2. The fraction of sp³-hybridized carbons (Fsp3) is 0.500. The van der Waals surface area contributed by atoms with Crippen LogP contribution in [0.2, 0.25) is 0 Å². The average Bonchev–Trinajstić information content (AvgIpc) is 3.41. The Balaban J connectivity index is 1.76. The maximum Gasteiger partial charge on any atom is 0.202 e. The number of halogens is 1. The molecule has 2 aliphatic rings. The molecule has 1 aromatic carbocycles. The van der Waals surface area contributed by atoms with Gasteiger partial charge in [-0.25, -0.2) is 4.39 Å². The number of fused-ring (bicyclic) bond motifs is 2. The summed E-state index contributed by atoms with van der Waals surface area (Å²) in [5.41, 5.74) is 0.449. The maximum atomic E-state index is 15.6. The summed E-state index contributed by atoms with van der Waals surface area (Å²) in [6.45, 7) is 6.51. The Labute approximate surface area is 195 Å². The number of aromatic nitrogens is 1. The van der Waals surface area contributed by atoms with E-state index in [4.69, 9.17) is 4.74 Å². The van der Waals surface area contributed by atoms with E-state index in [2.05, 4.69) is 19.2 Å². The Kier molecular flexibility index (Phi) is 5.46. The Hall–Kier alpha value is -2.83. The van der Waals surface area contributed by atoms with Crippen molar-refractivity contribution in [2.75, 3.05) is 31.6 Å². The Morgan fingerprint density at radius 2 is 2.18 bits per heavy atom. The van der Waals surface area contributed by atoms with Gasteiger partial charge in [-0.2, -0.15) is 5.26 Å². The predicted octanol–water partition coefficient (Wildman–Crippen LogP) is 4.10. The monoisotopic (exact) mass is 470 g/mol.